The first kappa shape index (κ1) is 14.8. The highest BCUT2D eigenvalue weighted by atomic mass is 19.4. The summed E-state index contributed by atoms with van der Waals surface area (Å²) < 4.78 is 35.8. The average molecular weight is 240 g/mol. The molecule has 4 nitrogen and oxygen atoms in total. The zero-order valence-corrected chi connectivity index (χ0v) is 8.68. The van der Waals surface area contributed by atoms with E-state index in [9.17, 15) is 18.0 Å². The molecule has 94 valence electrons. The lowest BCUT2D eigenvalue weighted by Gasteiger charge is -2.12. The van der Waals surface area contributed by atoms with Gasteiger partial charge in [-0.05, 0) is 19.3 Å². The molecule has 1 unspecified atom stereocenters. The summed E-state index contributed by atoms with van der Waals surface area (Å²) in [4.78, 5) is 10.3. The fraction of sp³-hybridized carbons (Fsp3) is 0.667. The number of unbranched alkanes of at least 4 members (excludes halogenated alkanes) is 1. The molecule has 0 aliphatic rings. The van der Waals surface area contributed by atoms with E-state index in [0.29, 0.717) is 12.8 Å². The zero-order chi connectivity index (χ0) is 12.8. The first-order chi connectivity index (χ1) is 7.25. The Morgan fingerprint density at radius 3 is 2.44 bits per heavy atom. The van der Waals surface area contributed by atoms with E-state index >= 15 is 0 Å². The number of allylic oxidation sites excluding steroid dienone is 1. The van der Waals surface area contributed by atoms with E-state index in [2.05, 4.69) is 11.9 Å². The number of alkyl halides is 3. The topological polar surface area (TPSA) is 75.3 Å². The van der Waals surface area contributed by atoms with Crippen molar-refractivity contribution in [2.75, 3.05) is 6.54 Å². The van der Waals surface area contributed by atoms with Gasteiger partial charge in [0.25, 0.3) is 0 Å². The van der Waals surface area contributed by atoms with E-state index in [0.717, 1.165) is 0 Å². The number of hydrogen-bond acceptors (Lipinski definition) is 3. The van der Waals surface area contributed by atoms with E-state index in [4.69, 9.17) is 10.8 Å². The van der Waals surface area contributed by atoms with Gasteiger partial charge in [-0.15, -0.1) is 0 Å². The second-order valence-corrected chi connectivity index (χ2v) is 3.34. The van der Waals surface area contributed by atoms with Crippen molar-refractivity contribution in [2.45, 2.75) is 31.5 Å². The number of rotatable bonds is 7. The van der Waals surface area contributed by atoms with Crippen LogP contribution in [0.5, 0.6) is 0 Å². The molecular weight excluding hydrogens is 225 g/mol. The molecule has 0 aliphatic carbocycles. The van der Waals surface area contributed by atoms with Crippen LogP contribution in [0.2, 0.25) is 0 Å². The van der Waals surface area contributed by atoms with Gasteiger partial charge in [0.15, 0.2) is 0 Å². The van der Waals surface area contributed by atoms with Gasteiger partial charge in [0, 0.05) is 6.54 Å². The molecular formula is C9H15F3N2O2. The fourth-order valence-corrected chi connectivity index (χ4v) is 0.952. The number of carboxylic acid groups (broad SMARTS) is 1. The quantitative estimate of drug-likeness (QED) is 0.585. The van der Waals surface area contributed by atoms with E-state index < -0.39 is 23.9 Å². The van der Waals surface area contributed by atoms with Crippen molar-refractivity contribution in [3.8, 4) is 0 Å². The minimum absolute atomic E-state index is 0.102. The minimum atomic E-state index is -4.43. The summed E-state index contributed by atoms with van der Waals surface area (Å²) in [5.41, 5.74) is 4.22. The molecule has 0 spiro atoms. The number of hydrogen-bond donors (Lipinski definition) is 3. The second kappa shape index (κ2) is 6.37. The zero-order valence-electron chi connectivity index (χ0n) is 8.68. The van der Waals surface area contributed by atoms with Crippen molar-refractivity contribution in [1.29, 1.82) is 0 Å². The average Bonchev–Trinajstić information content (AvgIpc) is 2.14. The van der Waals surface area contributed by atoms with Crippen LogP contribution in [0.1, 0.15) is 19.3 Å². The van der Waals surface area contributed by atoms with Gasteiger partial charge < -0.3 is 16.2 Å². The number of nitrogens with one attached hydrogen (secondary N) is 1. The first-order valence-corrected chi connectivity index (χ1v) is 4.73. The molecule has 4 N–H and O–H groups in total. The van der Waals surface area contributed by atoms with Crippen LogP contribution in [0, 0.1) is 0 Å². The lowest BCUT2D eigenvalue weighted by Crippen LogP contribution is -2.30. The van der Waals surface area contributed by atoms with Crippen molar-refractivity contribution in [2.24, 2.45) is 5.73 Å². The predicted octanol–water partition coefficient (Wildman–Crippen LogP) is 1.23. The molecule has 0 aromatic heterocycles. The van der Waals surface area contributed by atoms with Crippen molar-refractivity contribution >= 4 is 5.97 Å². The third kappa shape index (κ3) is 6.28. The maximum Gasteiger partial charge on any atom is 0.430 e. The van der Waals surface area contributed by atoms with Gasteiger partial charge in [-0.2, -0.15) is 13.2 Å². The van der Waals surface area contributed by atoms with Gasteiger partial charge >= 0.3 is 12.1 Å². The van der Waals surface area contributed by atoms with Crippen LogP contribution in [-0.2, 0) is 4.79 Å². The molecule has 0 aromatic rings. The Balaban J connectivity index is 3.55. The maximum atomic E-state index is 11.9. The molecule has 0 saturated heterocycles. The molecule has 0 heterocycles. The largest absolute Gasteiger partial charge is 0.480 e. The maximum absolute atomic E-state index is 11.9. The summed E-state index contributed by atoms with van der Waals surface area (Å²) in [7, 11) is 0. The van der Waals surface area contributed by atoms with Crippen LogP contribution in [0.15, 0.2) is 12.3 Å². The molecule has 7 heteroatoms. The standard InChI is InChI=1S/C9H15F3N2O2/c1-6(9(10,11)12)14-5-3-2-4-7(13)8(15)16/h7,14H,1-5,13H2,(H,15,16). The van der Waals surface area contributed by atoms with Crippen LogP contribution in [0.25, 0.3) is 0 Å². The van der Waals surface area contributed by atoms with Crippen LogP contribution >= 0.6 is 0 Å². The molecule has 1 atom stereocenters. The smallest absolute Gasteiger partial charge is 0.430 e. The highest BCUT2D eigenvalue weighted by molar-refractivity contribution is 5.72. The Morgan fingerprint density at radius 2 is 2.00 bits per heavy atom. The van der Waals surface area contributed by atoms with E-state index in [1.165, 1.54) is 0 Å². The molecule has 0 fully saturated rings. The van der Waals surface area contributed by atoms with Crippen molar-refractivity contribution in [1.82, 2.24) is 5.32 Å². The predicted molar refractivity (Wildman–Crippen MR) is 52.7 cm³/mol. The highest BCUT2D eigenvalue weighted by Crippen LogP contribution is 2.21. The number of aliphatic carboxylic acids is 1. The molecule has 0 radical (unpaired) electrons. The van der Waals surface area contributed by atoms with E-state index in [1.54, 1.807) is 0 Å². The van der Waals surface area contributed by atoms with Gasteiger partial charge in [0.1, 0.15) is 11.7 Å². The summed E-state index contributed by atoms with van der Waals surface area (Å²) in [6.45, 7) is 2.93. The van der Waals surface area contributed by atoms with Crippen molar-refractivity contribution in [3.63, 3.8) is 0 Å². The number of nitrogens with two attached hydrogens (primary N) is 1. The SMILES string of the molecule is C=C(NCCCCC(N)C(=O)O)C(F)(F)F. The Hall–Kier alpha value is -1.24. The van der Waals surface area contributed by atoms with Gasteiger partial charge in [-0.25, -0.2) is 0 Å². The number of carbonyl (C=O) groups is 1. The first-order valence-electron chi connectivity index (χ1n) is 4.73. The normalized spacial score (nSPS) is 13.2. The molecule has 0 saturated carbocycles. The second-order valence-electron chi connectivity index (χ2n) is 3.34. The summed E-state index contributed by atoms with van der Waals surface area (Å²) in [6, 6.07) is -0.953. The lowest BCUT2D eigenvalue weighted by atomic mass is 10.1. The molecule has 0 bridgehead atoms. The molecule has 0 amide bonds. The monoisotopic (exact) mass is 240 g/mol. The van der Waals surface area contributed by atoms with E-state index in [-0.39, 0.29) is 13.0 Å². The molecule has 0 aliphatic heterocycles. The van der Waals surface area contributed by atoms with Crippen LogP contribution in [0.4, 0.5) is 13.2 Å². The van der Waals surface area contributed by atoms with E-state index in [1.807, 2.05) is 0 Å². The lowest BCUT2D eigenvalue weighted by molar-refractivity contribution is -0.138. The fourth-order valence-electron chi connectivity index (χ4n) is 0.952. The number of carboxylic acids is 1. The van der Waals surface area contributed by atoms with Crippen LogP contribution < -0.4 is 11.1 Å². The van der Waals surface area contributed by atoms with Crippen molar-refractivity contribution < 1.29 is 23.1 Å². The molecule has 0 aromatic carbocycles. The molecule has 16 heavy (non-hydrogen) atoms. The Kier molecular flexibility index (Phi) is 5.87. The summed E-state index contributed by atoms with van der Waals surface area (Å²) >= 11 is 0. The Bertz CT molecular complexity index is 254. The van der Waals surface area contributed by atoms with Crippen molar-refractivity contribution in [3.05, 3.63) is 12.3 Å². The van der Waals surface area contributed by atoms with Gasteiger partial charge in [-0.1, -0.05) is 6.58 Å². The Morgan fingerprint density at radius 1 is 1.44 bits per heavy atom. The number of halogens is 3. The summed E-state index contributed by atoms with van der Waals surface area (Å²) in [6.07, 6.45) is -3.32. The third-order valence-corrected chi connectivity index (χ3v) is 1.94. The van der Waals surface area contributed by atoms with Gasteiger partial charge in [-0.3, -0.25) is 4.79 Å². The van der Waals surface area contributed by atoms with Gasteiger partial charge in [0.2, 0.25) is 0 Å². The Labute approximate surface area is 91.3 Å². The summed E-state index contributed by atoms with van der Waals surface area (Å²) in [5, 5.41) is 10.5. The van der Waals surface area contributed by atoms with Crippen LogP contribution in [0.3, 0.4) is 0 Å². The highest BCUT2D eigenvalue weighted by Gasteiger charge is 2.31. The summed E-state index contributed by atoms with van der Waals surface area (Å²) in [5.74, 6) is -1.10. The van der Waals surface area contributed by atoms with Crippen LogP contribution in [-0.4, -0.2) is 29.8 Å². The minimum Gasteiger partial charge on any atom is -0.480 e. The van der Waals surface area contributed by atoms with Gasteiger partial charge in [0.05, 0.1) is 0 Å². The molecule has 0 rings (SSSR count). The third-order valence-electron chi connectivity index (χ3n) is 1.94.